The lowest BCUT2D eigenvalue weighted by Gasteiger charge is -2.09. The molecule has 2 amide bonds. The highest BCUT2D eigenvalue weighted by atomic mass is 16.5. The number of aliphatic hydroxyl groups is 2. The van der Waals surface area contributed by atoms with Gasteiger partial charge in [0.05, 0.1) is 51.4 Å². The highest BCUT2D eigenvalue weighted by Gasteiger charge is 2.24. The minimum absolute atomic E-state index is 0.0812. The first-order valence-corrected chi connectivity index (χ1v) is 17.7. The van der Waals surface area contributed by atoms with Gasteiger partial charge in [0.25, 0.3) is 0 Å². The van der Waals surface area contributed by atoms with E-state index in [9.17, 15) is 19.8 Å². The lowest BCUT2D eigenvalue weighted by molar-refractivity contribution is -0.116. The van der Waals surface area contributed by atoms with Crippen LogP contribution in [0.2, 0.25) is 0 Å². The van der Waals surface area contributed by atoms with Crippen molar-refractivity contribution in [2.75, 3.05) is 24.9 Å². The maximum atomic E-state index is 13.3. The van der Waals surface area contributed by atoms with Crippen molar-refractivity contribution in [3.05, 3.63) is 144 Å². The fraction of sp³-hybridized carbons (Fsp3) is 0.136. The van der Waals surface area contributed by atoms with Gasteiger partial charge >= 0.3 is 0 Å². The fourth-order valence-electron chi connectivity index (χ4n) is 6.27. The summed E-state index contributed by atoms with van der Waals surface area (Å²) in [6, 6.07) is 36.2. The van der Waals surface area contributed by atoms with Crippen LogP contribution in [0.5, 0.6) is 11.5 Å². The third kappa shape index (κ3) is 8.36. The maximum Gasteiger partial charge on any atom is 0.232 e. The van der Waals surface area contributed by atoms with Crippen LogP contribution in [0, 0.1) is 0 Å². The molecule has 0 atom stereocenters. The summed E-state index contributed by atoms with van der Waals surface area (Å²) in [6.45, 7) is -0.175. The molecule has 0 unspecified atom stereocenters. The van der Waals surface area contributed by atoms with Crippen LogP contribution >= 0.6 is 0 Å². The molecule has 0 bridgehead atoms. The van der Waals surface area contributed by atoms with E-state index in [4.69, 9.17) is 18.5 Å². The summed E-state index contributed by atoms with van der Waals surface area (Å²) in [7, 11) is 3.19. The lowest BCUT2D eigenvalue weighted by atomic mass is 9.97. The van der Waals surface area contributed by atoms with Crippen molar-refractivity contribution in [1.82, 2.24) is 10.3 Å². The molecule has 7 rings (SSSR count). The number of nitrogens with zero attached hydrogens (tertiary/aromatic N) is 2. The molecular formula is C44H38N4O8. The van der Waals surface area contributed by atoms with Crippen LogP contribution in [0.25, 0.3) is 44.8 Å². The van der Waals surface area contributed by atoms with Crippen LogP contribution < -0.4 is 20.1 Å². The van der Waals surface area contributed by atoms with Gasteiger partial charge in [-0.1, -0.05) is 71.0 Å². The van der Waals surface area contributed by atoms with E-state index >= 15 is 0 Å². The molecule has 12 heteroatoms. The molecule has 0 fully saturated rings. The van der Waals surface area contributed by atoms with Gasteiger partial charge < -0.3 is 39.4 Å². The predicted molar refractivity (Wildman–Crippen MR) is 211 cm³/mol. The monoisotopic (exact) mass is 750 g/mol. The third-order valence-corrected chi connectivity index (χ3v) is 9.20. The normalized spacial score (nSPS) is 10.9. The van der Waals surface area contributed by atoms with Crippen molar-refractivity contribution in [2.45, 2.75) is 26.1 Å². The van der Waals surface area contributed by atoms with E-state index in [1.54, 1.807) is 38.5 Å². The maximum absolute atomic E-state index is 13.3. The first kappa shape index (κ1) is 37.3. The second-order valence-corrected chi connectivity index (χ2v) is 12.9. The number of aromatic nitrogens is 2. The highest BCUT2D eigenvalue weighted by Crippen LogP contribution is 2.37. The second-order valence-electron chi connectivity index (χ2n) is 12.9. The Morgan fingerprint density at radius 1 is 0.518 bits per heavy atom. The van der Waals surface area contributed by atoms with Crippen LogP contribution in [-0.2, 0) is 35.6 Å². The Morgan fingerprint density at radius 2 is 0.857 bits per heavy atom. The van der Waals surface area contributed by atoms with Crippen molar-refractivity contribution >= 4 is 23.2 Å². The largest absolute Gasteiger partial charge is 0.497 e. The zero-order valence-corrected chi connectivity index (χ0v) is 30.6. The van der Waals surface area contributed by atoms with E-state index < -0.39 is 0 Å². The van der Waals surface area contributed by atoms with Crippen LogP contribution in [0.3, 0.4) is 0 Å². The molecule has 0 saturated carbocycles. The van der Waals surface area contributed by atoms with Crippen molar-refractivity contribution in [2.24, 2.45) is 0 Å². The summed E-state index contributed by atoms with van der Waals surface area (Å²) in [5.74, 6) is 1.48. The first-order valence-electron chi connectivity index (χ1n) is 17.7. The zero-order valence-electron chi connectivity index (χ0n) is 30.6. The number of hydrogen-bond acceptors (Lipinski definition) is 10. The van der Waals surface area contributed by atoms with Gasteiger partial charge in [0, 0.05) is 22.5 Å². The number of rotatable bonds is 14. The second kappa shape index (κ2) is 17.0. The quantitative estimate of drug-likeness (QED) is 0.0865. The minimum atomic E-state index is -0.328. The van der Waals surface area contributed by atoms with Crippen molar-refractivity contribution in [3.8, 4) is 56.3 Å². The Hall–Kier alpha value is -7.02. The molecule has 7 aromatic rings. The van der Waals surface area contributed by atoms with Crippen molar-refractivity contribution < 1.29 is 38.3 Å². The van der Waals surface area contributed by atoms with Gasteiger partial charge in [0.1, 0.15) is 22.9 Å². The van der Waals surface area contributed by atoms with Crippen LogP contribution in [0.4, 0.5) is 11.4 Å². The van der Waals surface area contributed by atoms with Gasteiger partial charge in [0.2, 0.25) is 11.8 Å². The number of ether oxygens (including phenoxy) is 2. The molecule has 2 aromatic heterocycles. The molecule has 5 aromatic carbocycles. The molecule has 0 radical (unpaired) electrons. The third-order valence-electron chi connectivity index (χ3n) is 9.20. The van der Waals surface area contributed by atoms with Gasteiger partial charge in [-0.05, 0) is 82.9 Å². The summed E-state index contributed by atoms with van der Waals surface area (Å²) in [5.41, 5.74) is 8.17. The van der Waals surface area contributed by atoms with E-state index in [-0.39, 0.29) is 37.9 Å². The van der Waals surface area contributed by atoms with Crippen LogP contribution in [0.1, 0.15) is 22.6 Å². The molecule has 282 valence electrons. The average Bonchev–Trinajstić information content (AvgIpc) is 3.85. The van der Waals surface area contributed by atoms with Gasteiger partial charge in [-0.2, -0.15) is 0 Å². The number of carbonyl (C=O) groups is 2. The lowest BCUT2D eigenvalue weighted by Crippen LogP contribution is -2.16. The topological polar surface area (TPSA) is 169 Å². The summed E-state index contributed by atoms with van der Waals surface area (Å²) >= 11 is 0. The van der Waals surface area contributed by atoms with E-state index in [0.717, 1.165) is 33.4 Å². The molecule has 0 spiro atoms. The Kier molecular flexibility index (Phi) is 11.3. The molecule has 0 saturated heterocycles. The number of benzene rings is 5. The summed E-state index contributed by atoms with van der Waals surface area (Å²) in [5, 5.41) is 33.5. The average molecular weight is 751 g/mol. The van der Waals surface area contributed by atoms with Gasteiger partial charge in [-0.15, -0.1) is 0 Å². The molecule has 12 nitrogen and oxygen atoms in total. The van der Waals surface area contributed by atoms with Crippen molar-refractivity contribution in [3.63, 3.8) is 0 Å². The van der Waals surface area contributed by atoms with Crippen molar-refractivity contribution in [1.29, 1.82) is 0 Å². The number of aliphatic hydroxyl groups excluding tert-OH is 2. The Labute approximate surface area is 322 Å². The first-order chi connectivity index (χ1) is 27.3. The number of anilines is 2. The van der Waals surface area contributed by atoms with Gasteiger partial charge in [0.15, 0.2) is 11.5 Å². The van der Waals surface area contributed by atoms with Gasteiger partial charge in [-0.3, -0.25) is 9.59 Å². The number of nitrogens with one attached hydrogen (secondary N) is 2. The zero-order chi connectivity index (χ0) is 39.0. The van der Waals surface area contributed by atoms with E-state index in [2.05, 4.69) is 20.9 Å². The predicted octanol–water partition coefficient (Wildman–Crippen LogP) is 7.69. The minimum Gasteiger partial charge on any atom is -0.497 e. The Morgan fingerprint density at radius 3 is 1.21 bits per heavy atom. The number of hydrogen-bond donors (Lipinski definition) is 4. The van der Waals surface area contributed by atoms with E-state index in [1.807, 2.05) is 97.1 Å². The number of carbonyl (C=O) groups excluding carboxylic acids is 2. The highest BCUT2D eigenvalue weighted by molar-refractivity contribution is 5.96. The number of amides is 2. The van der Waals surface area contributed by atoms with Crippen LogP contribution in [0.15, 0.2) is 130 Å². The molecule has 56 heavy (non-hydrogen) atoms. The van der Waals surface area contributed by atoms with E-state index in [1.165, 1.54) is 0 Å². The summed E-state index contributed by atoms with van der Waals surface area (Å²) < 4.78 is 22.1. The van der Waals surface area contributed by atoms with Gasteiger partial charge in [-0.25, -0.2) is 0 Å². The molecule has 0 aliphatic rings. The molecular weight excluding hydrogens is 713 g/mol. The smallest absolute Gasteiger partial charge is 0.232 e. The molecule has 0 aliphatic carbocycles. The fourth-order valence-corrected chi connectivity index (χ4v) is 6.27. The van der Waals surface area contributed by atoms with Crippen LogP contribution in [-0.4, -0.2) is 46.6 Å². The Bertz CT molecular complexity index is 2250. The number of methoxy groups -OCH3 is 2. The Balaban J connectivity index is 1.04. The standard InChI is InChI=1S/C44H38N4O8/c1-53-35-19-11-30(12-20-35)42-38(56-47-43(42)31-9-5-28(26-50)6-10-31)24-40(52)46-34-17-15-33(16-18-34)45-39(51)23-37-41(29-7-3-27(25-49)4-8-29)44(48-55-37)32-13-21-36(54-2)22-14-32/h3-22,49-50H,23-26H2,1-2H3,(H,45,51)(H,46,52). The molecule has 0 aliphatic heterocycles. The molecule has 4 N–H and O–H groups in total. The summed E-state index contributed by atoms with van der Waals surface area (Å²) in [6.07, 6.45) is -0.192. The summed E-state index contributed by atoms with van der Waals surface area (Å²) in [4.78, 5) is 26.7. The van der Waals surface area contributed by atoms with E-state index in [0.29, 0.717) is 56.9 Å². The SMILES string of the molecule is COc1ccc(-c2noc(CC(=O)Nc3ccc(NC(=O)Cc4onc(-c5ccc(CO)cc5)c4-c4ccc(OC)cc4)cc3)c2-c2ccc(CO)cc2)cc1. The molecule has 2 heterocycles.